The topological polar surface area (TPSA) is 34.1 Å². The van der Waals surface area contributed by atoms with Crippen LogP contribution in [0.25, 0.3) is 0 Å². The van der Waals surface area contributed by atoms with E-state index in [1.54, 1.807) is 30.6 Å². The van der Waals surface area contributed by atoms with Crippen LogP contribution < -0.4 is 0 Å². The van der Waals surface area contributed by atoms with Crippen LogP contribution in [-0.2, 0) is 37.5 Å². The molecular weight excluding hydrogens is 229 g/mol. The van der Waals surface area contributed by atoms with E-state index < -0.39 is 0 Å². The van der Waals surface area contributed by atoms with Crippen molar-refractivity contribution < 1.29 is 42.3 Å². The second kappa shape index (κ2) is 5.33. The first-order chi connectivity index (χ1) is 5.25. The summed E-state index contributed by atoms with van der Waals surface area (Å²) in [5, 5.41) is 0. The molecule has 12 heavy (non-hydrogen) atoms. The zero-order valence-electron chi connectivity index (χ0n) is 6.70. The van der Waals surface area contributed by atoms with Gasteiger partial charge in [-0.3, -0.25) is 0 Å². The monoisotopic (exact) mass is 236 g/mol. The molecule has 0 aliphatic heterocycles. The fourth-order valence-corrected chi connectivity index (χ4v) is 0.879. The number of Topliss-reactive ketones (excluding diaryl/α,β-unsaturated/α-hetero) is 1. The maximum atomic E-state index is 10.8. The van der Waals surface area contributed by atoms with E-state index in [0.29, 0.717) is 11.1 Å². The number of carbonyl (C=O) groups is 1. The molecule has 0 spiro atoms. The Morgan fingerprint density at radius 3 is 2.33 bits per heavy atom. The summed E-state index contributed by atoms with van der Waals surface area (Å²) in [5.41, 5.74) is 0.766. The van der Waals surface area contributed by atoms with Crippen molar-refractivity contribution in [3.05, 3.63) is 35.4 Å². The first-order valence-corrected chi connectivity index (χ1v) is 3.24. The van der Waals surface area contributed by atoms with Gasteiger partial charge in [-0.1, -0.05) is 11.6 Å². The van der Waals surface area contributed by atoms with Crippen LogP contribution in [0.3, 0.4) is 0 Å². The third-order valence-corrected chi connectivity index (χ3v) is 1.42. The Labute approximate surface area is 96.2 Å². The summed E-state index contributed by atoms with van der Waals surface area (Å²) < 4.78 is 0. The van der Waals surface area contributed by atoms with Crippen LogP contribution in [0, 0.1) is 0 Å². The third-order valence-electron chi connectivity index (χ3n) is 1.42. The maximum absolute atomic E-state index is 10.8. The van der Waals surface area contributed by atoms with Crippen molar-refractivity contribution in [2.24, 2.45) is 0 Å². The molecule has 0 aliphatic carbocycles. The molecule has 59 valence electrons. The molecule has 0 heterocycles. The molecule has 0 aliphatic rings. The van der Waals surface area contributed by atoms with Crippen LogP contribution in [0.4, 0.5) is 0 Å². The molecule has 3 heteroatoms. The van der Waals surface area contributed by atoms with Crippen LogP contribution in [0.2, 0.25) is 0 Å². The van der Waals surface area contributed by atoms with E-state index >= 15 is 0 Å². The molecule has 0 saturated heterocycles. The summed E-state index contributed by atoms with van der Waals surface area (Å²) in [6.07, 6.45) is 1.71. The fraction of sp³-hybridized carbons (Fsp3) is 0.111. The Bertz CT molecular complexity index is 294. The van der Waals surface area contributed by atoms with E-state index in [2.05, 4.69) is 0 Å². The molecule has 0 amide bonds. The first kappa shape index (κ1) is 11.7. The maximum Gasteiger partial charge on any atom is 0.106 e. The second-order valence-electron chi connectivity index (χ2n) is 2.20. The number of hydrogen-bond acceptors (Lipinski definition) is 2. The predicted octanol–water partition coefficient (Wildman–Crippen LogP) is 1.34. The van der Waals surface area contributed by atoms with Gasteiger partial charge in [-0.05, 0) is 6.92 Å². The Morgan fingerprint density at radius 1 is 1.33 bits per heavy atom. The number of ketones is 1. The Kier molecular flexibility index (Phi) is 5.18. The van der Waals surface area contributed by atoms with Gasteiger partial charge in [0, 0.05) is 32.7 Å². The molecule has 0 bridgehead atoms. The van der Waals surface area contributed by atoms with Crippen molar-refractivity contribution >= 4 is 12.1 Å². The van der Waals surface area contributed by atoms with Gasteiger partial charge in [0.1, 0.15) is 5.78 Å². The molecule has 0 fully saturated rings. The van der Waals surface area contributed by atoms with Gasteiger partial charge in [0.15, 0.2) is 0 Å². The molecule has 0 unspecified atom stereocenters. The summed E-state index contributed by atoms with van der Waals surface area (Å²) in [7, 11) is 0. The zero-order chi connectivity index (χ0) is 8.27. The second-order valence-corrected chi connectivity index (χ2v) is 2.20. The first-order valence-electron chi connectivity index (χ1n) is 3.24. The summed E-state index contributed by atoms with van der Waals surface area (Å²) in [5.74, 6) is -0.107. The van der Waals surface area contributed by atoms with Gasteiger partial charge < -0.3 is 9.59 Å². The van der Waals surface area contributed by atoms with Gasteiger partial charge in [0.05, 0.1) is 6.29 Å². The number of benzene rings is 1. The Balaban J connectivity index is 0.00000121. The minimum absolute atomic E-state index is 0. The van der Waals surface area contributed by atoms with Crippen LogP contribution in [-0.4, -0.2) is 12.1 Å². The SMILES string of the molecule is CC(=O)c1ccccc1[C-]=O.[Y]. The summed E-state index contributed by atoms with van der Waals surface area (Å²) in [4.78, 5) is 21.1. The van der Waals surface area contributed by atoms with E-state index in [1.807, 2.05) is 0 Å². The molecule has 0 N–H and O–H groups in total. The number of hydrogen-bond donors (Lipinski definition) is 0. The molecule has 0 aromatic heterocycles. The average Bonchev–Trinajstić information content (AvgIpc) is 2.04. The van der Waals surface area contributed by atoms with E-state index in [0.717, 1.165) is 0 Å². The van der Waals surface area contributed by atoms with Crippen LogP contribution in [0.15, 0.2) is 24.3 Å². The van der Waals surface area contributed by atoms with Gasteiger partial charge in [0.25, 0.3) is 0 Å². The van der Waals surface area contributed by atoms with E-state index in [1.165, 1.54) is 6.92 Å². The summed E-state index contributed by atoms with van der Waals surface area (Å²) in [6.45, 7) is 1.43. The molecule has 1 rings (SSSR count). The van der Waals surface area contributed by atoms with Crippen molar-refractivity contribution in [1.82, 2.24) is 0 Å². The molecule has 1 aromatic carbocycles. The third kappa shape index (κ3) is 2.61. The molecular formula is C9H7O2Y-. The molecule has 1 aromatic rings. The smallest absolute Gasteiger partial charge is 0.106 e. The van der Waals surface area contributed by atoms with Gasteiger partial charge in [0.2, 0.25) is 0 Å². The van der Waals surface area contributed by atoms with Gasteiger partial charge in [-0.15, -0.1) is 17.7 Å². The number of carbonyl (C=O) groups excluding carboxylic acids is 2. The zero-order valence-corrected chi connectivity index (χ0v) is 9.54. The summed E-state index contributed by atoms with van der Waals surface area (Å²) >= 11 is 0. The van der Waals surface area contributed by atoms with Crippen LogP contribution in [0.5, 0.6) is 0 Å². The largest absolute Gasteiger partial charge is 0.376 e. The normalized spacial score (nSPS) is 8.42. The van der Waals surface area contributed by atoms with Crippen LogP contribution in [0.1, 0.15) is 22.8 Å². The minimum atomic E-state index is -0.107. The molecule has 1 radical (unpaired) electrons. The molecule has 0 atom stereocenters. The van der Waals surface area contributed by atoms with Crippen molar-refractivity contribution in [3.63, 3.8) is 0 Å². The van der Waals surface area contributed by atoms with Crippen molar-refractivity contribution in [2.75, 3.05) is 0 Å². The van der Waals surface area contributed by atoms with Gasteiger partial charge in [-0.2, -0.15) is 6.07 Å². The molecule has 0 saturated carbocycles. The van der Waals surface area contributed by atoms with E-state index in [-0.39, 0.29) is 38.5 Å². The van der Waals surface area contributed by atoms with Crippen LogP contribution >= 0.6 is 0 Å². The Morgan fingerprint density at radius 2 is 1.92 bits per heavy atom. The Hall–Kier alpha value is -0.336. The summed E-state index contributed by atoms with van der Waals surface area (Å²) in [6, 6.07) is 6.61. The quantitative estimate of drug-likeness (QED) is 0.573. The predicted molar refractivity (Wildman–Crippen MR) is 41.2 cm³/mol. The fourth-order valence-electron chi connectivity index (χ4n) is 0.879. The van der Waals surface area contributed by atoms with Crippen molar-refractivity contribution in [3.8, 4) is 0 Å². The van der Waals surface area contributed by atoms with Gasteiger partial charge >= 0.3 is 0 Å². The van der Waals surface area contributed by atoms with E-state index in [4.69, 9.17) is 0 Å². The average molecular weight is 236 g/mol. The number of rotatable bonds is 2. The van der Waals surface area contributed by atoms with Crippen molar-refractivity contribution in [1.29, 1.82) is 0 Å². The minimum Gasteiger partial charge on any atom is -0.376 e. The van der Waals surface area contributed by atoms with Crippen molar-refractivity contribution in [2.45, 2.75) is 6.92 Å². The van der Waals surface area contributed by atoms with Gasteiger partial charge in [-0.25, -0.2) is 0 Å². The molecule has 2 nitrogen and oxygen atoms in total. The standard InChI is InChI=1S/C9H7O2.Y/c1-7(11)9-5-3-2-4-8(9)6-10;/h2-5H,1H3;/q-1;. The van der Waals surface area contributed by atoms with E-state index in [9.17, 15) is 9.59 Å².